The quantitative estimate of drug-likeness (QED) is 0.477. The van der Waals surface area contributed by atoms with E-state index in [-0.39, 0.29) is 0 Å². The lowest BCUT2D eigenvalue weighted by molar-refractivity contribution is -0.139. The summed E-state index contributed by atoms with van der Waals surface area (Å²) in [4.78, 5) is 23.4. The van der Waals surface area contributed by atoms with Gasteiger partial charge in [0.05, 0.1) is 6.21 Å². The van der Waals surface area contributed by atoms with Gasteiger partial charge in [-0.2, -0.15) is 5.10 Å². The van der Waals surface area contributed by atoms with Gasteiger partial charge in [0.1, 0.15) is 0 Å². The monoisotopic (exact) mass is 253 g/mol. The number of thiophene rings is 1. The van der Waals surface area contributed by atoms with Crippen LogP contribution < -0.4 is 10.7 Å². The Morgan fingerprint density at radius 1 is 1.47 bits per heavy atom. The van der Waals surface area contributed by atoms with Crippen molar-refractivity contribution in [3.63, 3.8) is 0 Å². The minimum absolute atomic E-state index is 0.307. The molecule has 0 bridgehead atoms. The van der Waals surface area contributed by atoms with Crippen LogP contribution in [-0.4, -0.2) is 24.6 Å². The smallest absolute Gasteiger partial charge is 0.329 e. The molecule has 1 aromatic rings. The van der Waals surface area contributed by atoms with Crippen molar-refractivity contribution in [3.8, 4) is 0 Å². The summed E-state index contributed by atoms with van der Waals surface area (Å²) >= 11 is 1.50. The van der Waals surface area contributed by atoms with Gasteiger partial charge < -0.3 is 5.32 Å². The average molecular weight is 253 g/mol. The molecule has 0 aliphatic rings. The topological polar surface area (TPSA) is 70.6 Å². The zero-order chi connectivity index (χ0) is 12.7. The maximum absolute atomic E-state index is 11.3. The van der Waals surface area contributed by atoms with Gasteiger partial charge in [-0.15, -0.1) is 11.3 Å². The summed E-state index contributed by atoms with van der Waals surface area (Å²) in [5.41, 5.74) is 2.17. The van der Waals surface area contributed by atoms with Crippen LogP contribution in [0.1, 0.15) is 18.7 Å². The number of hydrazone groups is 1. The van der Waals surface area contributed by atoms with E-state index < -0.39 is 11.8 Å². The molecule has 17 heavy (non-hydrogen) atoms. The maximum Gasteiger partial charge on any atom is 0.329 e. The van der Waals surface area contributed by atoms with Crippen molar-refractivity contribution in [1.82, 2.24) is 10.7 Å². The first kappa shape index (κ1) is 13.4. The van der Waals surface area contributed by atoms with Gasteiger partial charge in [0.15, 0.2) is 0 Å². The van der Waals surface area contributed by atoms with Gasteiger partial charge in [-0.05, 0) is 17.4 Å². The van der Waals surface area contributed by atoms with Crippen molar-refractivity contribution >= 4 is 29.4 Å². The third-order valence-electron chi connectivity index (χ3n) is 1.78. The van der Waals surface area contributed by atoms with Crippen molar-refractivity contribution < 1.29 is 9.59 Å². The molecule has 2 N–H and O–H groups in total. The molecule has 6 heteroatoms. The first-order valence-electron chi connectivity index (χ1n) is 5.24. The van der Waals surface area contributed by atoms with Crippen LogP contribution in [-0.2, 0) is 9.59 Å². The van der Waals surface area contributed by atoms with Crippen molar-refractivity contribution in [3.05, 3.63) is 22.4 Å². The van der Waals surface area contributed by atoms with E-state index in [4.69, 9.17) is 0 Å². The highest BCUT2D eigenvalue weighted by Gasteiger charge is 2.11. The lowest BCUT2D eigenvalue weighted by atomic mass is 10.2. The summed E-state index contributed by atoms with van der Waals surface area (Å²) in [7, 11) is 0. The largest absolute Gasteiger partial charge is 0.348 e. The van der Waals surface area contributed by atoms with Crippen LogP contribution in [0.5, 0.6) is 0 Å². The molecule has 0 aliphatic heterocycles. The molecule has 1 rings (SSSR count). The molecule has 92 valence electrons. The highest BCUT2D eigenvalue weighted by molar-refractivity contribution is 7.11. The first-order valence-corrected chi connectivity index (χ1v) is 6.12. The fourth-order valence-corrected chi connectivity index (χ4v) is 1.53. The van der Waals surface area contributed by atoms with E-state index in [1.54, 1.807) is 0 Å². The lowest BCUT2D eigenvalue weighted by Crippen LogP contribution is -2.39. The van der Waals surface area contributed by atoms with Gasteiger partial charge in [0.25, 0.3) is 0 Å². The Balaban J connectivity index is 2.31. The number of carbonyl (C=O) groups excluding carboxylic acids is 2. The van der Waals surface area contributed by atoms with Gasteiger partial charge in [0.2, 0.25) is 0 Å². The molecule has 0 spiro atoms. The van der Waals surface area contributed by atoms with E-state index >= 15 is 0 Å². The van der Waals surface area contributed by atoms with Crippen molar-refractivity contribution in [2.24, 2.45) is 11.0 Å². The zero-order valence-corrected chi connectivity index (χ0v) is 10.6. The fourth-order valence-electron chi connectivity index (χ4n) is 0.947. The van der Waals surface area contributed by atoms with Crippen LogP contribution in [0.25, 0.3) is 0 Å². The predicted octanol–water partition coefficient (Wildman–Crippen LogP) is 0.970. The van der Waals surface area contributed by atoms with Crippen molar-refractivity contribution in [1.29, 1.82) is 0 Å². The van der Waals surface area contributed by atoms with Gasteiger partial charge in [-0.1, -0.05) is 19.9 Å². The predicted molar refractivity (Wildman–Crippen MR) is 67.9 cm³/mol. The highest BCUT2D eigenvalue weighted by Crippen LogP contribution is 2.03. The molecule has 0 saturated carbocycles. The Morgan fingerprint density at radius 3 is 2.82 bits per heavy atom. The third-order valence-corrected chi connectivity index (χ3v) is 2.59. The Labute approximate surface area is 104 Å². The Bertz CT molecular complexity index is 399. The number of nitrogens with one attached hydrogen (secondary N) is 2. The summed E-state index contributed by atoms with van der Waals surface area (Å²) in [6.45, 7) is 4.38. The Morgan fingerprint density at radius 2 is 2.24 bits per heavy atom. The minimum Gasteiger partial charge on any atom is -0.348 e. The number of carbonyl (C=O) groups is 2. The summed E-state index contributed by atoms with van der Waals surface area (Å²) in [5, 5.41) is 8.09. The van der Waals surface area contributed by atoms with Crippen LogP contribution in [0.3, 0.4) is 0 Å². The molecule has 5 nitrogen and oxygen atoms in total. The molecule has 0 unspecified atom stereocenters. The minimum atomic E-state index is -0.751. The first-order chi connectivity index (χ1) is 8.09. The summed E-state index contributed by atoms with van der Waals surface area (Å²) < 4.78 is 0. The molecular formula is C11H15N3O2S. The molecule has 2 amide bonds. The molecule has 0 fully saturated rings. The number of hydrogen-bond acceptors (Lipinski definition) is 4. The molecule has 0 aromatic carbocycles. The fraction of sp³-hybridized carbons (Fsp3) is 0.364. The van der Waals surface area contributed by atoms with Crippen LogP contribution in [0.4, 0.5) is 0 Å². The second-order valence-corrected chi connectivity index (χ2v) is 4.80. The second kappa shape index (κ2) is 6.80. The van der Waals surface area contributed by atoms with Crippen LogP contribution in [0, 0.1) is 5.92 Å². The molecule has 0 saturated heterocycles. The van der Waals surface area contributed by atoms with Gasteiger partial charge in [-0.3, -0.25) is 9.59 Å². The number of rotatable bonds is 4. The van der Waals surface area contributed by atoms with Gasteiger partial charge in [-0.25, -0.2) is 5.43 Å². The molecule has 0 aliphatic carbocycles. The lowest BCUT2D eigenvalue weighted by Gasteiger charge is -2.05. The Kier molecular flexibility index (Phi) is 5.35. The maximum atomic E-state index is 11.3. The Hall–Kier alpha value is -1.69. The average Bonchev–Trinajstić information content (AvgIpc) is 2.78. The zero-order valence-electron chi connectivity index (χ0n) is 9.77. The molecule has 0 atom stereocenters. The van der Waals surface area contributed by atoms with E-state index in [0.29, 0.717) is 12.5 Å². The molecular weight excluding hydrogens is 238 g/mol. The van der Waals surface area contributed by atoms with Crippen LogP contribution in [0.2, 0.25) is 0 Å². The number of amides is 2. The van der Waals surface area contributed by atoms with Gasteiger partial charge >= 0.3 is 11.8 Å². The van der Waals surface area contributed by atoms with Crippen molar-refractivity contribution in [2.75, 3.05) is 6.54 Å². The van der Waals surface area contributed by atoms with E-state index in [2.05, 4.69) is 15.8 Å². The molecule has 1 heterocycles. The second-order valence-electron chi connectivity index (χ2n) is 3.82. The summed E-state index contributed by atoms with van der Waals surface area (Å²) in [6.07, 6.45) is 1.50. The van der Waals surface area contributed by atoms with E-state index in [1.807, 2.05) is 31.4 Å². The van der Waals surface area contributed by atoms with E-state index in [0.717, 1.165) is 4.88 Å². The standard InChI is InChI=1S/C11H15N3O2S/c1-8(2)6-12-10(15)11(16)14-13-7-9-4-3-5-17-9/h3-5,7-8H,6H2,1-2H3,(H,12,15)(H,14,16). The van der Waals surface area contributed by atoms with Crippen LogP contribution in [0.15, 0.2) is 22.6 Å². The molecule has 1 aromatic heterocycles. The SMILES string of the molecule is CC(C)CNC(=O)C(=O)NN=Cc1cccs1. The number of nitrogens with zero attached hydrogens (tertiary/aromatic N) is 1. The van der Waals surface area contributed by atoms with Gasteiger partial charge in [0, 0.05) is 11.4 Å². The normalized spacial score (nSPS) is 10.8. The molecule has 0 radical (unpaired) electrons. The van der Waals surface area contributed by atoms with E-state index in [1.165, 1.54) is 17.6 Å². The van der Waals surface area contributed by atoms with Crippen molar-refractivity contribution in [2.45, 2.75) is 13.8 Å². The van der Waals surface area contributed by atoms with E-state index in [9.17, 15) is 9.59 Å². The summed E-state index contributed by atoms with van der Waals surface area (Å²) in [6, 6.07) is 3.74. The third kappa shape index (κ3) is 5.26. The number of hydrogen-bond donors (Lipinski definition) is 2. The highest BCUT2D eigenvalue weighted by atomic mass is 32.1. The van der Waals surface area contributed by atoms with Crippen LogP contribution >= 0.6 is 11.3 Å². The summed E-state index contributed by atoms with van der Waals surface area (Å²) in [5.74, 6) is -1.11.